The van der Waals surface area contributed by atoms with E-state index in [2.05, 4.69) is 73.8 Å². The first kappa shape index (κ1) is 13.4. The van der Waals surface area contributed by atoms with Gasteiger partial charge in [-0.3, -0.25) is 0 Å². The Morgan fingerprint density at radius 2 is 1.65 bits per heavy atom. The molecule has 0 heterocycles. The van der Waals surface area contributed by atoms with Crippen LogP contribution in [0.25, 0.3) is 0 Å². The zero-order chi connectivity index (χ0) is 13.9. The Bertz CT molecular complexity index is 557. The lowest BCUT2D eigenvalue weighted by Gasteiger charge is -2.24. The molecule has 3 rings (SSSR count). The van der Waals surface area contributed by atoms with Crippen molar-refractivity contribution in [1.82, 2.24) is 5.32 Å². The molecular weight excluding hydrogens is 242 g/mol. The van der Waals surface area contributed by atoms with Gasteiger partial charge in [0.15, 0.2) is 0 Å². The number of hydrogen-bond acceptors (Lipinski definition) is 1. The van der Waals surface area contributed by atoms with Gasteiger partial charge >= 0.3 is 0 Å². The molecule has 2 aromatic carbocycles. The van der Waals surface area contributed by atoms with E-state index in [0.717, 1.165) is 5.92 Å². The summed E-state index contributed by atoms with van der Waals surface area (Å²) in [6, 6.07) is 20.6. The Morgan fingerprint density at radius 3 is 2.30 bits per heavy atom. The monoisotopic (exact) mass is 265 g/mol. The minimum absolute atomic E-state index is 0.390. The lowest BCUT2D eigenvalue weighted by Crippen LogP contribution is -2.26. The minimum atomic E-state index is 0.390. The lowest BCUT2D eigenvalue weighted by atomic mass is 9.99. The predicted octanol–water partition coefficient (Wildman–Crippen LogP) is 4.80. The van der Waals surface area contributed by atoms with Gasteiger partial charge in [-0.25, -0.2) is 0 Å². The summed E-state index contributed by atoms with van der Waals surface area (Å²) in [5, 5.41) is 3.84. The highest BCUT2D eigenvalue weighted by molar-refractivity contribution is 5.26. The van der Waals surface area contributed by atoms with Crippen LogP contribution in [0.5, 0.6) is 0 Å². The Labute approximate surface area is 122 Å². The van der Waals surface area contributed by atoms with Gasteiger partial charge in [0.05, 0.1) is 0 Å². The fourth-order valence-corrected chi connectivity index (χ4v) is 2.90. The smallest absolute Gasteiger partial charge is 0.0353 e. The summed E-state index contributed by atoms with van der Waals surface area (Å²) in [7, 11) is 0. The molecule has 20 heavy (non-hydrogen) atoms. The van der Waals surface area contributed by atoms with Gasteiger partial charge in [0, 0.05) is 12.1 Å². The summed E-state index contributed by atoms with van der Waals surface area (Å²) in [6.45, 7) is 4.43. The van der Waals surface area contributed by atoms with Crippen molar-refractivity contribution in [2.75, 3.05) is 0 Å². The van der Waals surface area contributed by atoms with Gasteiger partial charge in [-0.2, -0.15) is 0 Å². The van der Waals surface area contributed by atoms with Crippen LogP contribution < -0.4 is 5.32 Å². The number of aryl methyl sites for hydroxylation is 1. The molecule has 0 aliphatic heterocycles. The van der Waals surface area contributed by atoms with E-state index in [1.54, 1.807) is 0 Å². The van der Waals surface area contributed by atoms with Gasteiger partial charge in [0.2, 0.25) is 0 Å². The molecule has 1 aliphatic rings. The van der Waals surface area contributed by atoms with Crippen molar-refractivity contribution in [3.05, 3.63) is 71.3 Å². The Kier molecular flexibility index (Phi) is 3.88. The maximum Gasteiger partial charge on any atom is 0.0353 e. The quantitative estimate of drug-likeness (QED) is 0.819. The average Bonchev–Trinajstić information content (AvgIpc) is 3.30. The number of benzene rings is 2. The van der Waals surface area contributed by atoms with E-state index in [-0.39, 0.29) is 0 Å². The second-order valence-electron chi connectivity index (χ2n) is 6.03. The highest BCUT2D eigenvalue weighted by atomic mass is 15.0. The van der Waals surface area contributed by atoms with E-state index in [1.165, 1.54) is 29.5 Å². The summed E-state index contributed by atoms with van der Waals surface area (Å²) in [4.78, 5) is 0. The first-order valence-electron chi connectivity index (χ1n) is 7.61. The SMILES string of the molecule is Cc1cccc([C@H](C)NC(c2ccccc2)C2CC2)c1. The molecule has 0 radical (unpaired) electrons. The van der Waals surface area contributed by atoms with Gasteiger partial charge in [-0.1, -0.05) is 60.2 Å². The molecule has 1 N–H and O–H groups in total. The third-order valence-electron chi connectivity index (χ3n) is 4.22. The third kappa shape index (κ3) is 3.10. The molecule has 1 saturated carbocycles. The van der Waals surface area contributed by atoms with Crippen molar-refractivity contribution in [2.45, 2.75) is 38.8 Å². The summed E-state index contributed by atoms with van der Waals surface area (Å²) in [5.74, 6) is 0.810. The van der Waals surface area contributed by atoms with E-state index >= 15 is 0 Å². The van der Waals surface area contributed by atoms with E-state index in [4.69, 9.17) is 0 Å². The van der Waals surface area contributed by atoms with Crippen LogP contribution in [-0.4, -0.2) is 0 Å². The van der Waals surface area contributed by atoms with Crippen LogP contribution in [-0.2, 0) is 0 Å². The van der Waals surface area contributed by atoms with Gasteiger partial charge in [0.1, 0.15) is 0 Å². The predicted molar refractivity (Wildman–Crippen MR) is 84.6 cm³/mol. The van der Waals surface area contributed by atoms with Gasteiger partial charge in [-0.05, 0) is 43.7 Å². The van der Waals surface area contributed by atoms with Crippen LogP contribution >= 0.6 is 0 Å². The maximum absolute atomic E-state index is 3.84. The van der Waals surface area contributed by atoms with E-state index in [1.807, 2.05) is 0 Å². The first-order valence-corrected chi connectivity index (χ1v) is 7.61. The third-order valence-corrected chi connectivity index (χ3v) is 4.22. The molecule has 1 aliphatic carbocycles. The Hall–Kier alpha value is -1.60. The molecule has 104 valence electrons. The molecule has 0 bridgehead atoms. The molecule has 0 saturated heterocycles. The fraction of sp³-hybridized carbons (Fsp3) is 0.368. The van der Waals surface area contributed by atoms with Gasteiger partial charge in [-0.15, -0.1) is 0 Å². The minimum Gasteiger partial charge on any atom is -0.303 e. The largest absolute Gasteiger partial charge is 0.303 e. The van der Waals surface area contributed by atoms with Crippen LogP contribution in [0, 0.1) is 12.8 Å². The highest BCUT2D eigenvalue weighted by Crippen LogP contribution is 2.42. The zero-order valence-electron chi connectivity index (χ0n) is 12.3. The maximum atomic E-state index is 3.84. The van der Waals surface area contributed by atoms with Crippen molar-refractivity contribution in [3.63, 3.8) is 0 Å². The molecule has 1 unspecified atom stereocenters. The molecule has 1 nitrogen and oxygen atoms in total. The summed E-state index contributed by atoms with van der Waals surface area (Å²) >= 11 is 0. The van der Waals surface area contributed by atoms with Crippen molar-refractivity contribution in [2.24, 2.45) is 5.92 Å². The van der Waals surface area contributed by atoms with Crippen molar-refractivity contribution in [1.29, 1.82) is 0 Å². The van der Waals surface area contributed by atoms with E-state index in [9.17, 15) is 0 Å². The van der Waals surface area contributed by atoms with Crippen LogP contribution in [0.1, 0.15) is 48.5 Å². The Balaban J connectivity index is 1.77. The van der Waals surface area contributed by atoms with E-state index in [0.29, 0.717) is 12.1 Å². The summed E-state index contributed by atoms with van der Waals surface area (Å²) in [5.41, 5.74) is 4.14. The normalized spacial score (nSPS) is 17.7. The van der Waals surface area contributed by atoms with Crippen LogP contribution in [0.4, 0.5) is 0 Å². The average molecular weight is 265 g/mol. The molecule has 0 amide bonds. The number of rotatable bonds is 5. The number of nitrogens with one attached hydrogen (secondary N) is 1. The molecule has 1 heteroatoms. The molecule has 1 fully saturated rings. The molecule has 0 spiro atoms. The topological polar surface area (TPSA) is 12.0 Å². The standard InChI is InChI=1S/C19H23N/c1-14-7-6-10-18(13-14)15(2)20-19(17-11-12-17)16-8-4-3-5-9-16/h3-10,13,15,17,19-20H,11-12H2,1-2H3/t15-,19?/m0/s1. The first-order chi connectivity index (χ1) is 9.74. The Morgan fingerprint density at radius 1 is 0.950 bits per heavy atom. The van der Waals surface area contributed by atoms with Crippen LogP contribution in [0.2, 0.25) is 0 Å². The number of hydrogen-bond donors (Lipinski definition) is 1. The van der Waals surface area contributed by atoms with Crippen molar-refractivity contribution in [3.8, 4) is 0 Å². The highest BCUT2D eigenvalue weighted by Gasteiger charge is 2.32. The van der Waals surface area contributed by atoms with Crippen LogP contribution in [0.3, 0.4) is 0 Å². The van der Waals surface area contributed by atoms with Crippen LogP contribution in [0.15, 0.2) is 54.6 Å². The summed E-state index contributed by atoms with van der Waals surface area (Å²) < 4.78 is 0. The van der Waals surface area contributed by atoms with Crippen molar-refractivity contribution < 1.29 is 0 Å². The molecular formula is C19H23N. The molecule has 2 atom stereocenters. The zero-order valence-corrected chi connectivity index (χ0v) is 12.3. The fourth-order valence-electron chi connectivity index (χ4n) is 2.90. The van der Waals surface area contributed by atoms with Gasteiger partial charge in [0.25, 0.3) is 0 Å². The van der Waals surface area contributed by atoms with Gasteiger partial charge < -0.3 is 5.32 Å². The molecule has 2 aromatic rings. The summed E-state index contributed by atoms with van der Waals surface area (Å²) in [6.07, 6.45) is 2.71. The van der Waals surface area contributed by atoms with E-state index < -0.39 is 0 Å². The second-order valence-corrected chi connectivity index (χ2v) is 6.03. The lowest BCUT2D eigenvalue weighted by molar-refractivity contribution is 0.427. The molecule has 0 aromatic heterocycles. The second kappa shape index (κ2) is 5.80. The van der Waals surface area contributed by atoms with Crippen molar-refractivity contribution >= 4 is 0 Å².